The van der Waals surface area contributed by atoms with Crippen molar-refractivity contribution in [2.45, 2.75) is 6.54 Å². The molecule has 0 unspecified atom stereocenters. The smallest absolute Gasteiger partial charge is 0.246 e. The van der Waals surface area contributed by atoms with Crippen molar-refractivity contribution in [3.05, 3.63) is 41.8 Å². The first-order valence-electron chi connectivity index (χ1n) is 8.71. The summed E-state index contributed by atoms with van der Waals surface area (Å²) < 4.78 is 5.29. The van der Waals surface area contributed by atoms with Gasteiger partial charge in [0.15, 0.2) is 0 Å². The largest absolute Gasteiger partial charge is 0.497 e. The number of methoxy groups -OCH3 is 1. The predicted molar refractivity (Wildman–Crippen MR) is 103 cm³/mol. The Morgan fingerprint density at radius 3 is 2.78 bits per heavy atom. The van der Waals surface area contributed by atoms with Crippen molar-refractivity contribution in [1.29, 1.82) is 0 Å². The Morgan fingerprint density at radius 2 is 2.04 bits per heavy atom. The summed E-state index contributed by atoms with van der Waals surface area (Å²) in [4.78, 5) is 19.0. The number of aromatic nitrogens is 4. The summed E-state index contributed by atoms with van der Waals surface area (Å²) >= 11 is 1.55. The van der Waals surface area contributed by atoms with Crippen molar-refractivity contribution in [1.82, 2.24) is 25.1 Å². The van der Waals surface area contributed by atoms with Crippen LogP contribution in [0.15, 0.2) is 41.8 Å². The predicted octanol–water partition coefficient (Wildman–Crippen LogP) is 1.76. The summed E-state index contributed by atoms with van der Waals surface area (Å²) in [6, 6.07) is 11.9. The third-order valence-electron chi connectivity index (χ3n) is 4.52. The Hall–Kier alpha value is -2.94. The summed E-state index contributed by atoms with van der Waals surface area (Å²) in [6.07, 6.45) is 0. The first-order chi connectivity index (χ1) is 13.2. The van der Waals surface area contributed by atoms with E-state index in [9.17, 15) is 4.79 Å². The topological polar surface area (TPSA) is 76.4 Å². The molecule has 1 aliphatic rings. The third-order valence-corrected chi connectivity index (χ3v) is 5.39. The van der Waals surface area contributed by atoms with E-state index < -0.39 is 0 Å². The minimum atomic E-state index is 0.00965. The van der Waals surface area contributed by atoms with Crippen LogP contribution in [0.5, 0.6) is 5.75 Å². The maximum atomic E-state index is 12.6. The molecule has 27 heavy (non-hydrogen) atoms. The molecule has 1 aliphatic heterocycles. The number of hydrogen-bond donors (Lipinski definition) is 0. The Balaban J connectivity index is 1.33. The number of carbonyl (C=O) groups is 1. The van der Waals surface area contributed by atoms with Crippen LogP contribution in [0.3, 0.4) is 0 Å². The van der Waals surface area contributed by atoms with Gasteiger partial charge in [-0.05, 0) is 28.8 Å². The van der Waals surface area contributed by atoms with Crippen molar-refractivity contribution in [2.75, 3.05) is 38.2 Å². The average Bonchev–Trinajstić information content (AvgIpc) is 3.40. The van der Waals surface area contributed by atoms with Crippen LogP contribution in [0.25, 0.3) is 10.7 Å². The van der Waals surface area contributed by atoms with E-state index in [2.05, 4.69) is 26.4 Å². The lowest BCUT2D eigenvalue weighted by Crippen LogP contribution is -2.49. The van der Waals surface area contributed by atoms with Crippen molar-refractivity contribution >= 4 is 22.9 Å². The molecule has 1 aromatic carbocycles. The highest BCUT2D eigenvalue weighted by atomic mass is 32.1. The van der Waals surface area contributed by atoms with Crippen LogP contribution < -0.4 is 9.64 Å². The van der Waals surface area contributed by atoms with Crippen molar-refractivity contribution < 1.29 is 9.53 Å². The highest BCUT2D eigenvalue weighted by molar-refractivity contribution is 7.13. The fraction of sp³-hybridized carbons (Fsp3) is 0.333. The van der Waals surface area contributed by atoms with Gasteiger partial charge in [-0.1, -0.05) is 12.1 Å². The van der Waals surface area contributed by atoms with Gasteiger partial charge in [-0.3, -0.25) is 4.79 Å². The molecular weight excluding hydrogens is 364 g/mol. The molecule has 0 N–H and O–H groups in total. The number of anilines is 1. The van der Waals surface area contributed by atoms with Gasteiger partial charge in [0.2, 0.25) is 11.7 Å². The number of rotatable bonds is 5. The SMILES string of the molecule is COc1cccc(N2CCN(C(=O)Cn3nnc(-c4cccs4)n3)CC2)c1. The number of tetrazole rings is 1. The molecule has 4 rings (SSSR count). The minimum Gasteiger partial charge on any atom is -0.497 e. The molecule has 3 heterocycles. The number of carbonyl (C=O) groups excluding carboxylic acids is 1. The number of nitrogens with zero attached hydrogens (tertiary/aromatic N) is 6. The van der Waals surface area contributed by atoms with Crippen LogP contribution >= 0.6 is 11.3 Å². The average molecular weight is 384 g/mol. The molecular formula is C18H20N6O2S. The van der Waals surface area contributed by atoms with Gasteiger partial charge in [-0.15, -0.1) is 21.5 Å². The van der Waals surface area contributed by atoms with Crippen LogP contribution in [0.1, 0.15) is 0 Å². The van der Waals surface area contributed by atoms with Gasteiger partial charge in [0.25, 0.3) is 0 Å². The van der Waals surface area contributed by atoms with E-state index in [0.717, 1.165) is 29.4 Å². The zero-order valence-corrected chi connectivity index (χ0v) is 15.8. The summed E-state index contributed by atoms with van der Waals surface area (Å²) in [5.41, 5.74) is 1.11. The van der Waals surface area contributed by atoms with Crippen LogP contribution in [-0.4, -0.2) is 64.3 Å². The van der Waals surface area contributed by atoms with E-state index in [1.54, 1.807) is 18.4 Å². The second kappa shape index (κ2) is 7.75. The van der Waals surface area contributed by atoms with E-state index in [4.69, 9.17) is 4.74 Å². The molecule has 0 radical (unpaired) electrons. The fourth-order valence-electron chi connectivity index (χ4n) is 3.06. The van der Waals surface area contributed by atoms with Crippen molar-refractivity contribution in [3.63, 3.8) is 0 Å². The second-order valence-corrected chi connectivity index (χ2v) is 7.14. The second-order valence-electron chi connectivity index (χ2n) is 6.19. The molecule has 3 aromatic rings. The number of benzene rings is 1. The Morgan fingerprint density at radius 1 is 1.19 bits per heavy atom. The number of ether oxygens (including phenoxy) is 1. The molecule has 0 aliphatic carbocycles. The van der Waals surface area contributed by atoms with Gasteiger partial charge < -0.3 is 14.5 Å². The van der Waals surface area contributed by atoms with Crippen molar-refractivity contribution in [3.8, 4) is 16.5 Å². The first-order valence-corrected chi connectivity index (χ1v) is 9.59. The maximum absolute atomic E-state index is 12.6. The van der Waals surface area contributed by atoms with Crippen molar-refractivity contribution in [2.24, 2.45) is 0 Å². The molecule has 1 amide bonds. The normalized spacial score (nSPS) is 14.4. The van der Waals surface area contributed by atoms with Gasteiger partial charge in [-0.25, -0.2) is 0 Å². The Bertz CT molecular complexity index is 902. The van der Waals surface area contributed by atoms with Gasteiger partial charge in [0.1, 0.15) is 12.3 Å². The number of hydrogen-bond acceptors (Lipinski definition) is 7. The van der Waals surface area contributed by atoms with Crippen LogP contribution in [0.2, 0.25) is 0 Å². The van der Waals surface area contributed by atoms with E-state index >= 15 is 0 Å². The zero-order valence-electron chi connectivity index (χ0n) is 15.0. The van der Waals surface area contributed by atoms with E-state index in [1.165, 1.54) is 4.80 Å². The number of thiophene rings is 1. The van der Waals surface area contributed by atoms with Gasteiger partial charge in [0.05, 0.1) is 12.0 Å². The van der Waals surface area contributed by atoms with Crippen LogP contribution in [0.4, 0.5) is 5.69 Å². The molecule has 0 bridgehead atoms. The maximum Gasteiger partial charge on any atom is 0.246 e. The van der Waals surface area contributed by atoms with Gasteiger partial charge in [-0.2, -0.15) is 4.80 Å². The molecule has 1 saturated heterocycles. The monoisotopic (exact) mass is 384 g/mol. The molecule has 0 spiro atoms. The molecule has 2 aromatic heterocycles. The molecule has 1 fully saturated rings. The molecule has 140 valence electrons. The summed E-state index contributed by atoms with van der Waals surface area (Å²) in [6.45, 7) is 3.01. The standard InChI is InChI=1S/C18H20N6O2S/c1-26-15-5-2-4-14(12-15)22-7-9-23(10-8-22)17(25)13-24-20-18(19-21-24)16-6-3-11-27-16/h2-6,11-12H,7-10,13H2,1H3. The van der Waals surface area contributed by atoms with E-state index in [1.807, 2.05) is 40.6 Å². The highest BCUT2D eigenvalue weighted by Crippen LogP contribution is 2.22. The summed E-state index contributed by atoms with van der Waals surface area (Å²) in [7, 11) is 1.66. The number of amides is 1. The Labute approximate surface area is 161 Å². The van der Waals surface area contributed by atoms with E-state index in [0.29, 0.717) is 18.9 Å². The fourth-order valence-corrected chi connectivity index (χ4v) is 3.70. The third kappa shape index (κ3) is 3.92. The lowest BCUT2D eigenvalue weighted by atomic mass is 10.2. The first kappa shape index (κ1) is 17.5. The summed E-state index contributed by atoms with van der Waals surface area (Å²) in [5, 5.41) is 14.3. The molecule has 8 nitrogen and oxygen atoms in total. The minimum absolute atomic E-state index is 0.00965. The van der Waals surface area contributed by atoms with E-state index in [-0.39, 0.29) is 12.5 Å². The number of piperazine rings is 1. The van der Waals surface area contributed by atoms with Gasteiger partial charge >= 0.3 is 0 Å². The highest BCUT2D eigenvalue weighted by Gasteiger charge is 2.22. The Kier molecular flexibility index (Phi) is 5.01. The van der Waals surface area contributed by atoms with Crippen LogP contribution in [0, 0.1) is 0 Å². The lowest BCUT2D eigenvalue weighted by Gasteiger charge is -2.36. The zero-order chi connectivity index (χ0) is 18.6. The summed E-state index contributed by atoms with van der Waals surface area (Å²) in [5.74, 6) is 1.40. The molecule has 9 heteroatoms. The van der Waals surface area contributed by atoms with Gasteiger partial charge in [0, 0.05) is 37.9 Å². The molecule has 0 saturated carbocycles. The molecule has 0 atom stereocenters. The van der Waals surface area contributed by atoms with Crippen LogP contribution in [-0.2, 0) is 11.3 Å². The lowest BCUT2D eigenvalue weighted by molar-refractivity contribution is -0.132. The quantitative estimate of drug-likeness (QED) is 0.667.